The Morgan fingerprint density at radius 2 is 1.88 bits per heavy atom. The highest BCUT2D eigenvalue weighted by Crippen LogP contribution is 2.23. The van der Waals surface area contributed by atoms with Gasteiger partial charge in [-0.1, -0.05) is 13.3 Å². The van der Waals surface area contributed by atoms with E-state index < -0.39 is 36.7 Å². The van der Waals surface area contributed by atoms with Gasteiger partial charge in [0, 0.05) is 6.04 Å². The molecule has 0 saturated carbocycles. The fourth-order valence-electron chi connectivity index (χ4n) is 1.17. The topological polar surface area (TPSA) is 66.4 Å². The zero-order valence-electron chi connectivity index (χ0n) is 9.05. The molecule has 4 nitrogen and oxygen atoms in total. The Balaban J connectivity index is 4.54. The summed E-state index contributed by atoms with van der Waals surface area (Å²) < 4.78 is 48.8. The van der Waals surface area contributed by atoms with Crippen LogP contribution in [-0.4, -0.2) is 35.4 Å². The van der Waals surface area contributed by atoms with Gasteiger partial charge >= 0.3 is 18.3 Å². The maximum absolute atomic E-state index is 12.6. The van der Waals surface area contributed by atoms with Crippen molar-refractivity contribution in [2.75, 3.05) is 0 Å². The van der Waals surface area contributed by atoms with Crippen LogP contribution in [0.2, 0.25) is 0 Å². The van der Waals surface area contributed by atoms with Crippen LogP contribution in [0.5, 0.6) is 0 Å². The predicted octanol–water partition coefficient (Wildman–Crippen LogP) is 1.65. The summed E-state index contributed by atoms with van der Waals surface area (Å²) in [5.74, 6) is -8.25. The number of rotatable bonds is 7. The minimum absolute atomic E-state index is 0.122. The third-order valence-corrected chi connectivity index (χ3v) is 1.97. The fraction of sp³-hybridized carbons (Fsp3) is 0.778. The minimum atomic E-state index is -4.80. The third-order valence-electron chi connectivity index (χ3n) is 1.97. The maximum Gasteiger partial charge on any atom is 0.383 e. The second kappa shape index (κ2) is 6.41. The lowest BCUT2D eigenvalue weighted by molar-refractivity contribution is -0.170. The lowest BCUT2D eigenvalue weighted by Crippen LogP contribution is -2.49. The number of amides is 1. The molecule has 100 valence electrons. The summed E-state index contributed by atoms with van der Waals surface area (Å²) in [7, 11) is 0. The molecule has 0 fully saturated rings. The summed E-state index contributed by atoms with van der Waals surface area (Å²) in [5.41, 5.74) is 0. The van der Waals surface area contributed by atoms with Crippen LogP contribution in [0, 0.1) is 0 Å². The van der Waals surface area contributed by atoms with E-state index in [1.54, 1.807) is 12.2 Å². The van der Waals surface area contributed by atoms with Crippen molar-refractivity contribution < 1.29 is 32.3 Å². The van der Waals surface area contributed by atoms with Crippen LogP contribution >= 0.6 is 0 Å². The molecule has 0 heterocycles. The van der Waals surface area contributed by atoms with Gasteiger partial charge in [0.25, 0.3) is 5.91 Å². The molecular weight excluding hydrogens is 246 g/mol. The first-order chi connectivity index (χ1) is 7.71. The molecule has 2 N–H and O–H groups in total. The molecule has 0 aromatic rings. The number of nitrogens with one attached hydrogen (secondary N) is 1. The summed E-state index contributed by atoms with van der Waals surface area (Å²) in [6, 6.07) is -1.07. The maximum atomic E-state index is 12.6. The molecule has 0 rings (SSSR count). The van der Waals surface area contributed by atoms with Crippen LogP contribution in [0.4, 0.5) is 17.6 Å². The number of alkyl halides is 4. The Bertz CT molecular complexity index is 283. The fourth-order valence-corrected chi connectivity index (χ4v) is 1.17. The lowest BCUT2D eigenvalue weighted by Gasteiger charge is -2.20. The summed E-state index contributed by atoms with van der Waals surface area (Å²) in [4.78, 5) is 21.2. The van der Waals surface area contributed by atoms with Gasteiger partial charge in [-0.2, -0.15) is 8.78 Å². The van der Waals surface area contributed by atoms with E-state index in [1.807, 2.05) is 0 Å². The van der Waals surface area contributed by atoms with Crippen LogP contribution in [0.1, 0.15) is 26.2 Å². The van der Waals surface area contributed by atoms with E-state index in [9.17, 15) is 27.2 Å². The van der Waals surface area contributed by atoms with Crippen molar-refractivity contribution in [3.05, 3.63) is 0 Å². The van der Waals surface area contributed by atoms with Crippen molar-refractivity contribution in [1.29, 1.82) is 0 Å². The van der Waals surface area contributed by atoms with Gasteiger partial charge < -0.3 is 10.4 Å². The van der Waals surface area contributed by atoms with Crippen LogP contribution in [0.25, 0.3) is 0 Å². The summed E-state index contributed by atoms with van der Waals surface area (Å²) in [5, 5.41) is 10.1. The molecule has 0 bridgehead atoms. The van der Waals surface area contributed by atoms with Gasteiger partial charge in [0.1, 0.15) is 0 Å². The largest absolute Gasteiger partial charge is 0.481 e. The molecule has 0 spiro atoms. The van der Waals surface area contributed by atoms with Crippen LogP contribution in [0.3, 0.4) is 0 Å². The number of hydrogen-bond donors (Lipinski definition) is 2. The highest BCUT2D eigenvalue weighted by molar-refractivity contribution is 5.84. The molecule has 0 aliphatic carbocycles. The van der Waals surface area contributed by atoms with Crippen molar-refractivity contribution in [2.24, 2.45) is 0 Å². The molecule has 1 unspecified atom stereocenters. The molecule has 0 aromatic heterocycles. The van der Waals surface area contributed by atoms with E-state index in [0.717, 1.165) is 0 Å². The zero-order valence-corrected chi connectivity index (χ0v) is 9.05. The Hall–Kier alpha value is -1.34. The van der Waals surface area contributed by atoms with Gasteiger partial charge in [0.05, 0.1) is 6.42 Å². The van der Waals surface area contributed by atoms with E-state index in [2.05, 4.69) is 0 Å². The normalized spacial score (nSPS) is 13.5. The number of halogens is 4. The van der Waals surface area contributed by atoms with E-state index in [0.29, 0.717) is 6.42 Å². The van der Waals surface area contributed by atoms with Crippen molar-refractivity contribution >= 4 is 11.9 Å². The van der Waals surface area contributed by atoms with E-state index in [1.165, 1.54) is 0 Å². The molecule has 17 heavy (non-hydrogen) atoms. The van der Waals surface area contributed by atoms with Crippen molar-refractivity contribution in [3.8, 4) is 0 Å². The Morgan fingerprint density at radius 3 is 2.24 bits per heavy atom. The smallest absolute Gasteiger partial charge is 0.383 e. The summed E-state index contributed by atoms with van der Waals surface area (Å²) >= 11 is 0. The first-order valence-electron chi connectivity index (χ1n) is 4.90. The highest BCUT2D eigenvalue weighted by atomic mass is 19.3. The standard InChI is InChI=1S/C9H13F4NO3/c1-2-3-5(4-6(15)16)14-8(17)9(12,13)7(10)11/h5,7H,2-4H2,1H3,(H,14,17)(H,15,16). The lowest BCUT2D eigenvalue weighted by atomic mass is 10.1. The monoisotopic (exact) mass is 259 g/mol. The molecule has 0 aliphatic heterocycles. The van der Waals surface area contributed by atoms with E-state index in [4.69, 9.17) is 5.11 Å². The molecule has 1 amide bonds. The third kappa shape index (κ3) is 5.01. The Morgan fingerprint density at radius 1 is 1.35 bits per heavy atom. The van der Waals surface area contributed by atoms with Crippen molar-refractivity contribution in [1.82, 2.24) is 5.32 Å². The zero-order chi connectivity index (χ0) is 13.6. The SMILES string of the molecule is CCCC(CC(=O)O)NC(=O)C(F)(F)C(F)F. The van der Waals surface area contributed by atoms with Gasteiger partial charge in [0.15, 0.2) is 0 Å². The molecule has 8 heteroatoms. The first-order valence-corrected chi connectivity index (χ1v) is 4.90. The van der Waals surface area contributed by atoms with Crippen LogP contribution < -0.4 is 5.32 Å². The van der Waals surface area contributed by atoms with E-state index >= 15 is 0 Å². The summed E-state index contributed by atoms with van der Waals surface area (Å²) in [6.45, 7) is 1.65. The van der Waals surface area contributed by atoms with Crippen molar-refractivity contribution in [2.45, 2.75) is 44.6 Å². The van der Waals surface area contributed by atoms with Crippen LogP contribution in [-0.2, 0) is 9.59 Å². The Kier molecular flexibility index (Phi) is 5.90. The second-order valence-corrected chi connectivity index (χ2v) is 3.48. The van der Waals surface area contributed by atoms with Gasteiger partial charge in [-0.05, 0) is 6.42 Å². The van der Waals surface area contributed by atoms with Crippen LogP contribution in [0.15, 0.2) is 0 Å². The van der Waals surface area contributed by atoms with Gasteiger partial charge in [-0.15, -0.1) is 0 Å². The number of carbonyl (C=O) groups excluding carboxylic acids is 1. The average molecular weight is 259 g/mol. The summed E-state index contributed by atoms with van der Waals surface area (Å²) in [6.07, 6.45) is -4.15. The minimum Gasteiger partial charge on any atom is -0.481 e. The van der Waals surface area contributed by atoms with Gasteiger partial charge in [0.2, 0.25) is 0 Å². The molecule has 0 aliphatic rings. The van der Waals surface area contributed by atoms with Gasteiger partial charge in [-0.25, -0.2) is 8.78 Å². The van der Waals surface area contributed by atoms with Gasteiger partial charge in [-0.3, -0.25) is 9.59 Å². The average Bonchev–Trinajstić information content (AvgIpc) is 2.16. The number of carbonyl (C=O) groups is 2. The molecule has 1 atom stereocenters. The first kappa shape index (κ1) is 15.7. The quantitative estimate of drug-likeness (QED) is 0.683. The molecular formula is C9H13F4NO3. The Labute approximate surface area is 95.0 Å². The number of carboxylic acids is 1. The second-order valence-electron chi connectivity index (χ2n) is 3.48. The molecule has 0 saturated heterocycles. The number of hydrogen-bond acceptors (Lipinski definition) is 2. The highest BCUT2D eigenvalue weighted by Gasteiger charge is 2.49. The molecule has 0 radical (unpaired) electrons. The number of aliphatic carboxylic acids is 1. The predicted molar refractivity (Wildman–Crippen MR) is 50.0 cm³/mol. The van der Waals surface area contributed by atoms with Crippen molar-refractivity contribution in [3.63, 3.8) is 0 Å². The van der Waals surface area contributed by atoms with E-state index in [-0.39, 0.29) is 6.42 Å². The molecule has 0 aromatic carbocycles. The number of carboxylic acid groups (broad SMARTS) is 1.